The molecule has 3 saturated heterocycles. The van der Waals surface area contributed by atoms with Gasteiger partial charge in [0, 0.05) is 78.4 Å². The summed E-state index contributed by atoms with van der Waals surface area (Å²) in [5, 5.41) is 0. The van der Waals surface area contributed by atoms with E-state index < -0.39 is 10.2 Å². The van der Waals surface area contributed by atoms with Crippen molar-refractivity contribution in [3.05, 3.63) is 0 Å². The summed E-state index contributed by atoms with van der Waals surface area (Å²) in [4.78, 5) is 18.0. The second kappa shape index (κ2) is 7.65. The lowest BCUT2D eigenvalue weighted by molar-refractivity contribution is -0.127. The molecule has 138 valence electrons. The van der Waals surface area contributed by atoms with Gasteiger partial charge in [-0.05, 0) is 13.5 Å². The lowest BCUT2D eigenvalue weighted by Gasteiger charge is -2.39. The molecule has 0 aromatic heterocycles. The zero-order valence-corrected chi connectivity index (χ0v) is 15.4. The number of likely N-dealkylation sites (tertiary alicyclic amines) is 1. The van der Waals surface area contributed by atoms with Gasteiger partial charge in [-0.3, -0.25) is 9.69 Å². The van der Waals surface area contributed by atoms with Crippen LogP contribution in [0, 0.1) is 0 Å². The first kappa shape index (κ1) is 18.1. The molecular weight excluding hydrogens is 330 g/mol. The monoisotopic (exact) mass is 359 g/mol. The van der Waals surface area contributed by atoms with Crippen molar-refractivity contribution in [2.24, 2.45) is 0 Å². The number of hydrogen-bond donors (Lipinski definition) is 0. The Morgan fingerprint density at radius 2 is 1.42 bits per heavy atom. The molecule has 0 saturated carbocycles. The van der Waals surface area contributed by atoms with Crippen LogP contribution < -0.4 is 0 Å². The Labute approximate surface area is 145 Å². The molecule has 9 heteroatoms. The third-order valence-electron chi connectivity index (χ3n) is 5.30. The van der Waals surface area contributed by atoms with Crippen molar-refractivity contribution in [2.75, 3.05) is 79.0 Å². The summed E-state index contributed by atoms with van der Waals surface area (Å²) in [5.74, 6) is 0.256. The van der Waals surface area contributed by atoms with Gasteiger partial charge in [-0.15, -0.1) is 0 Å². The third kappa shape index (κ3) is 4.08. The van der Waals surface area contributed by atoms with Gasteiger partial charge in [-0.25, -0.2) is 0 Å². The number of amides is 1. The lowest BCUT2D eigenvalue weighted by Crippen LogP contribution is -2.56. The summed E-state index contributed by atoms with van der Waals surface area (Å²) in [7, 11) is -1.30. The SMILES string of the molecule is CN1CCN(S(=O)(=O)N2CCN(CCN3CCCC3=O)CC2)CC1. The van der Waals surface area contributed by atoms with Crippen LogP contribution in [0.1, 0.15) is 12.8 Å². The summed E-state index contributed by atoms with van der Waals surface area (Å²) >= 11 is 0. The molecule has 0 spiro atoms. The van der Waals surface area contributed by atoms with Crippen molar-refractivity contribution in [1.82, 2.24) is 23.3 Å². The minimum absolute atomic E-state index is 0.256. The van der Waals surface area contributed by atoms with Crippen LogP contribution in [0.2, 0.25) is 0 Å². The van der Waals surface area contributed by atoms with Gasteiger partial charge in [0.15, 0.2) is 0 Å². The fourth-order valence-electron chi connectivity index (χ4n) is 3.57. The minimum atomic E-state index is -3.32. The van der Waals surface area contributed by atoms with Crippen LogP contribution in [0.25, 0.3) is 0 Å². The van der Waals surface area contributed by atoms with Gasteiger partial charge in [-0.1, -0.05) is 0 Å². The largest absolute Gasteiger partial charge is 0.341 e. The maximum absolute atomic E-state index is 12.7. The number of carbonyl (C=O) groups is 1. The van der Waals surface area contributed by atoms with E-state index in [1.165, 1.54) is 0 Å². The lowest BCUT2D eigenvalue weighted by atomic mass is 10.3. The van der Waals surface area contributed by atoms with Crippen LogP contribution in [0.3, 0.4) is 0 Å². The average Bonchev–Trinajstić information content (AvgIpc) is 2.99. The molecule has 8 nitrogen and oxygen atoms in total. The Morgan fingerprint density at radius 3 is 1.96 bits per heavy atom. The Bertz CT molecular complexity index is 539. The van der Waals surface area contributed by atoms with Crippen molar-refractivity contribution in [3.63, 3.8) is 0 Å². The molecule has 0 aromatic rings. The second-order valence-corrected chi connectivity index (χ2v) is 8.86. The Morgan fingerprint density at radius 1 is 0.833 bits per heavy atom. The highest BCUT2D eigenvalue weighted by atomic mass is 32.2. The number of piperazine rings is 2. The van der Waals surface area contributed by atoms with E-state index in [0.29, 0.717) is 32.6 Å². The summed E-state index contributed by atoms with van der Waals surface area (Å²) in [5.41, 5.74) is 0. The Balaban J connectivity index is 1.45. The number of likely N-dealkylation sites (N-methyl/N-ethyl adjacent to an activating group) is 1. The maximum atomic E-state index is 12.7. The number of nitrogens with zero attached hydrogens (tertiary/aromatic N) is 5. The van der Waals surface area contributed by atoms with Crippen molar-refractivity contribution < 1.29 is 13.2 Å². The Kier molecular flexibility index (Phi) is 5.76. The quantitative estimate of drug-likeness (QED) is 0.612. The molecule has 0 N–H and O–H groups in total. The topological polar surface area (TPSA) is 67.4 Å². The average molecular weight is 359 g/mol. The molecule has 0 aliphatic carbocycles. The zero-order chi connectivity index (χ0) is 17.2. The van der Waals surface area contributed by atoms with E-state index >= 15 is 0 Å². The third-order valence-corrected chi connectivity index (χ3v) is 7.34. The highest BCUT2D eigenvalue weighted by Gasteiger charge is 2.33. The van der Waals surface area contributed by atoms with Crippen molar-refractivity contribution in [2.45, 2.75) is 12.8 Å². The first-order valence-electron chi connectivity index (χ1n) is 8.91. The van der Waals surface area contributed by atoms with Crippen LogP contribution >= 0.6 is 0 Å². The van der Waals surface area contributed by atoms with E-state index in [0.717, 1.165) is 52.2 Å². The van der Waals surface area contributed by atoms with Gasteiger partial charge in [0.05, 0.1) is 0 Å². The van der Waals surface area contributed by atoms with Crippen LogP contribution in [-0.4, -0.2) is 117 Å². The molecule has 0 atom stereocenters. The molecular formula is C15H29N5O3S. The first-order chi connectivity index (χ1) is 11.5. The van der Waals surface area contributed by atoms with E-state index in [1.807, 2.05) is 11.9 Å². The predicted molar refractivity (Wildman–Crippen MR) is 91.8 cm³/mol. The molecule has 1 amide bonds. The standard InChI is InChI=1S/C15H29N5O3S/c1-16-5-11-19(12-6-16)24(22,23)20-13-8-17(9-14-20)7-10-18-4-2-3-15(18)21/h2-14H2,1H3. The molecule has 0 unspecified atom stereocenters. The number of carbonyl (C=O) groups excluding carboxylic acids is 1. The minimum Gasteiger partial charge on any atom is -0.341 e. The molecule has 3 aliphatic rings. The summed E-state index contributed by atoms with van der Waals surface area (Å²) in [6.45, 7) is 7.81. The van der Waals surface area contributed by atoms with Gasteiger partial charge < -0.3 is 9.80 Å². The van der Waals surface area contributed by atoms with Crippen molar-refractivity contribution in [3.8, 4) is 0 Å². The van der Waals surface area contributed by atoms with Gasteiger partial charge in [-0.2, -0.15) is 17.0 Å². The van der Waals surface area contributed by atoms with E-state index in [9.17, 15) is 13.2 Å². The highest BCUT2D eigenvalue weighted by Crippen LogP contribution is 2.15. The van der Waals surface area contributed by atoms with Crippen molar-refractivity contribution >= 4 is 16.1 Å². The van der Waals surface area contributed by atoms with E-state index in [-0.39, 0.29) is 5.91 Å². The molecule has 0 bridgehead atoms. The van der Waals surface area contributed by atoms with E-state index in [1.54, 1.807) is 8.61 Å². The van der Waals surface area contributed by atoms with Crippen LogP contribution in [0.4, 0.5) is 0 Å². The summed E-state index contributed by atoms with van der Waals surface area (Å²) in [6.07, 6.45) is 1.65. The molecule has 3 fully saturated rings. The van der Waals surface area contributed by atoms with Crippen LogP contribution in [0.5, 0.6) is 0 Å². The zero-order valence-electron chi connectivity index (χ0n) is 14.6. The fraction of sp³-hybridized carbons (Fsp3) is 0.933. The van der Waals surface area contributed by atoms with Crippen LogP contribution in [0.15, 0.2) is 0 Å². The summed E-state index contributed by atoms with van der Waals surface area (Å²) < 4.78 is 28.7. The number of rotatable bonds is 5. The van der Waals surface area contributed by atoms with E-state index in [4.69, 9.17) is 0 Å². The molecule has 24 heavy (non-hydrogen) atoms. The maximum Gasteiger partial charge on any atom is 0.282 e. The van der Waals surface area contributed by atoms with Crippen molar-refractivity contribution in [1.29, 1.82) is 0 Å². The molecule has 3 rings (SSSR count). The molecule has 0 radical (unpaired) electrons. The normalized spacial score (nSPS) is 26.4. The highest BCUT2D eigenvalue weighted by molar-refractivity contribution is 7.86. The molecule has 3 heterocycles. The van der Waals surface area contributed by atoms with Crippen LogP contribution in [-0.2, 0) is 15.0 Å². The van der Waals surface area contributed by atoms with Gasteiger partial charge in [0.25, 0.3) is 10.2 Å². The molecule has 3 aliphatic heterocycles. The molecule has 0 aromatic carbocycles. The Hall–Kier alpha value is -0.740. The first-order valence-corrected chi connectivity index (χ1v) is 10.3. The number of hydrogen-bond acceptors (Lipinski definition) is 5. The predicted octanol–water partition coefficient (Wildman–Crippen LogP) is -1.28. The van der Waals surface area contributed by atoms with E-state index in [2.05, 4.69) is 9.80 Å². The van der Waals surface area contributed by atoms with Gasteiger partial charge in [0.1, 0.15) is 0 Å². The van der Waals surface area contributed by atoms with Gasteiger partial charge >= 0.3 is 0 Å². The summed E-state index contributed by atoms with van der Waals surface area (Å²) in [6, 6.07) is 0. The smallest absolute Gasteiger partial charge is 0.282 e. The fourth-order valence-corrected chi connectivity index (χ4v) is 5.14. The van der Waals surface area contributed by atoms with Gasteiger partial charge in [0.2, 0.25) is 5.91 Å². The second-order valence-electron chi connectivity index (χ2n) is 6.94.